The standard InChI is InChI=1S/C25H27N5O6/c1-4-9-30-20(32)16(19(31)26-23(30)35)12-14-7-8-17-15(11-14)13-25(18-6-5-10-29(17)18)21(33)27(2)24(36)28(3)22(25)34/h7-8,11-12,18H,4-6,9-10,13H2,1-3H3,(H,26,31,35)/b16-12+/t18-/m0/s1. The summed E-state index contributed by atoms with van der Waals surface area (Å²) in [6.07, 6.45) is 3.51. The first-order valence-electron chi connectivity index (χ1n) is 12.0. The molecule has 4 heterocycles. The summed E-state index contributed by atoms with van der Waals surface area (Å²) in [6.45, 7) is 2.67. The maximum absolute atomic E-state index is 13.5. The first-order chi connectivity index (χ1) is 17.1. The second-order valence-corrected chi connectivity index (χ2v) is 9.67. The van der Waals surface area contributed by atoms with Crippen molar-refractivity contribution in [2.45, 2.75) is 38.6 Å². The lowest BCUT2D eigenvalue weighted by molar-refractivity contribution is -0.159. The van der Waals surface area contributed by atoms with Crippen LogP contribution in [0.3, 0.4) is 0 Å². The van der Waals surface area contributed by atoms with Gasteiger partial charge in [-0.3, -0.25) is 39.2 Å². The summed E-state index contributed by atoms with van der Waals surface area (Å²) in [5, 5.41) is 2.20. The zero-order valence-electron chi connectivity index (χ0n) is 20.4. The molecule has 0 unspecified atom stereocenters. The molecule has 8 amide bonds. The second kappa shape index (κ2) is 8.28. The second-order valence-electron chi connectivity index (χ2n) is 9.67. The molecule has 1 atom stereocenters. The monoisotopic (exact) mass is 493 g/mol. The minimum atomic E-state index is -1.44. The van der Waals surface area contributed by atoms with Gasteiger partial charge in [-0.1, -0.05) is 13.0 Å². The largest absolute Gasteiger partial charge is 0.367 e. The summed E-state index contributed by atoms with van der Waals surface area (Å²) in [5.41, 5.74) is 0.525. The van der Waals surface area contributed by atoms with Crippen molar-refractivity contribution in [2.75, 3.05) is 32.1 Å². The van der Waals surface area contributed by atoms with Gasteiger partial charge in [0, 0.05) is 32.9 Å². The molecular formula is C25H27N5O6. The van der Waals surface area contributed by atoms with Gasteiger partial charge in [0.05, 0.1) is 6.04 Å². The molecule has 1 aromatic rings. The Morgan fingerprint density at radius 3 is 2.42 bits per heavy atom. The highest BCUT2D eigenvalue weighted by molar-refractivity contribution is 6.31. The molecule has 0 aliphatic carbocycles. The van der Waals surface area contributed by atoms with Crippen LogP contribution in [0.4, 0.5) is 15.3 Å². The van der Waals surface area contributed by atoms with Gasteiger partial charge in [0.2, 0.25) is 11.8 Å². The Morgan fingerprint density at radius 1 is 1.06 bits per heavy atom. The van der Waals surface area contributed by atoms with Crippen LogP contribution >= 0.6 is 0 Å². The minimum absolute atomic E-state index is 0.0979. The Labute approximate surface area is 207 Å². The molecule has 1 aromatic carbocycles. The van der Waals surface area contributed by atoms with Crippen molar-refractivity contribution in [3.8, 4) is 0 Å². The molecule has 0 aromatic heterocycles. The van der Waals surface area contributed by atoms with Crippen LogP contribution in [0, 0.1) is 5.41 Å². The van der Waals surface area contributed by atoms with Gasteiger partial charge in [0.1, 0.15) is 5.57 Å². The van der Waals surface area contributed by atoms with E-state index in [1.165, 1.54) is 20.2 Å². The number of imide groups is 4. The van der Waals surface area contributed by atoms with Crippen molar-refractivity contribution in [3.63, 3.8) is 0 Å². The lowest BCUT2D eigenvalue weighted by atomic mass is 9.68. The maximum Gasteiger partial charge on any atom is 0.332 e. The van der Waals surface area contributed by atoms with Gasteiger partial charge >= 0.3 is 12.1 Å². The average molecular weight is 494 g/mol. The van der Waals surface area contributed by atoms with Crippen LogP contribution in [0.15, 0.2) is 23.8 Å². The summed E-state index contributed by atoms with van der Waals surface area (Å²) in [7, 11) is 2.78. The molecule has 0 radical (unpaired) electrons. The predicted molar refractivity (Wildman–Crippen MR) is 127 cm³/mol. The van der Waals surface area contributed by atoms with Gasteiger partial charge < -0.3 is 4.90 Å². The number of anilines is 1. The highest BCUT2D eigenvalue weighted by Gasteiger charge is 2.63. The lowest BCUT2D eigenvalue weighted by Gasteiger charge is -2.50. The van der Waals surface area contributed by atoms with Crippen molar-refractivity contribution >= 4 is 47.5 Å². The SMILES string of the molecule is CCCN1C(=O)NC(=O)/C(=C\c2ccc3c(c2)CC2(C(=O)N(C)C(=O)N(C)C2=O)[C@@H]2CCCN32)C1=O. The number of nitrogens with zero attached hydrogens (tertiary/aromatic N) is 4. The van der Waals surface area contributed by atoms with Crippen LogP contribution in [0.25, 0.3) is 6.08 Å². The normalized spacial score (nSPS) is 24.6. The number of hydrogen-bond acceptors (Lipinski definition) is 7. The molecule has 5 rings (SSSR count). The van der Waals surface area contributed by atoms with E-state index in [1.807, 2.05) is 13.0 Å². The van der Waals surface area contributed by atoms with Gasteiger partial charge in [0.15, 0.2) is 5.41 Å². The van der Waals surface area contributed by atoms with E-state index in [2.05, 4.69) is 10.2 Å². The molecule has 188 valence electrons. The van der Waals surface area contributed by atoms with Crippen molar-refractivity contribution in [1.82, 2.24) is 20.0 Å². The molecule has 1 spiro atoms. The lowest BCUT2D eigenvalue weighted by Crippen LogP contribution is -2.70. The third-order valence-corrected chi connectivity index (χ3v) is 7.59. The molecule has 4 aliphatic rings. The Balaban J connectivity index is 1.57. The van der Waals surface area contributed by atoms with E-state index >= 15 is 0 Å². The number of carbonyl (C=O) groups excluding carboxylic acids is 6. The number of amides is 8. The molecule has 0 bridgehead atoms. The number of barbiturate groups is 2. The fourth-order valence-corrected chi connectivity index (χ4v) is 5.92. The first kappa shape index (κ1) is 23.7. The van der Waals surface area contributed by atoms with E-state index in [1.54, 1.807) is 12.1 Å². The molecule has 4 aliphatic heterocycles. The van der Waals surface area contributed by atoms with Crippen LogP contribution < -0.4 is 10.2 Å². The van der Waals surface area contributed by atoms with E-state index in [0.29, 0.717) is 30.5 Å². The Morgan fingerprint density at radius 2 is 1.75 bits per heavy atom. The average Bonchev–Trinajstić information content (AvgIpc) is 3.36. The Kier molecular flexibility index (Phi) is 5.46. The van der Waals surface area contributed by atoms with Gasteiger partial charge in [-0.2, -0.15) is 0 Å². The highest BCUT2D eigenvalue weighted by atomic mass is 16.2. The number of fused-ring (bicyclic) bond motifs is 4. The van der Waals surface area contributed by atoms with E-state index in [0.717, 1.165) is 26.8 Å². The van der Waals surface area contributed by atoms with Gasteiger partial charge in [-0.25, -0.2) is 9.59 Å². The summed E-state index contributed by atoms with van der Waals surface area (Å²) >= 11 is 0. The zero-order valence-corrected chi connectivity index (χ0v) is 20.4. The third kappa shape index (κ3) is 3.18. The van der Waals surface area contributed by atoms with Crippen molar-refractivity contribution in [2.24, 2.45) is 5.41 Å². The number of nitrogens with one attached hydrogen (secondary N) is 1. The van der Waals surface area contributed by atoms with E-state index < -0.39 is 41.1 Å². The Hall–Kier alpha value is -4.02. The van der Waals surface area contributed by atoms with Crippen LogP contribution in [0.1, 0.15) is 37.3 Å². The summed E-state index contributed by atoms with van der Waals surface area (Å²) in [4.78, 5) is 81.9. The number of benzene rings is 1. The Bertz CT molecular complexity index is 1250. The molecule has 11 heteroatoms. The van der Waals surface area contributed by atoms with E-state index in [9.17, 15) is 28.8 Å². The molecule has 1 N–H and O–H groups in total. The van der Waals surface area contributed by atoms with E-state index in [4.69, 9.17) is 0 Å². The summed E-state index contributed by atoms with van der Waals surface area (Å²) in [5.74, 6) is -2.47. The van der Waals surface area contributed by atoms with Crippen molar-refractivity contribution in [3.05, 3.63) is 34.9 Å². The van der Waals surface area contributed by atoms with Crippen molar-refractivity contribution < 1.29 is 28.8 Å². The van der Waals surface area contributed by atoms with Crippen LogP contribution in [0.5, 0.6) is 0 Å². The number of hydrogen-bond donors (Lipinski definition) is 1. The molecule has 11 nitrogen and oxygen atoms in total. The summed E-state index contributed by atoms with van der Waals surface area (Å²) in [6, 6.07) is 3.63. The number of carbonyl (C=O) groups is 6. The topological polar surface area (TPSA) is 127 Å². The van der Waals surface area contributed by atoms with Gasteiger partial charge in [-0.05, 0) is 55.0 Å². The summed E-state index contributed by atoms with van der Waals surface area (Å²) < 4.78 is 0. The third-order valence-electron chi connectivity index (χ3n) is 7.59. The van der Waals surface area contributed by atoms with Crippen molar-refractivity contribution in [1.29, 1.82) is 0 Å². The smallest absolute Gasteiger partial charge is 0.332 e. The maximum atomic E-state index is 13.5. The van der Waals surface area contributed by atoms with Gasteiger partial charge in [0.25, 0.3) is 11.8 Å². The number of urea groups is 2. The van der Waals surface area contributed by atoms with Crippen LogP contribution in [0.2, 0.25) is 0 Å². The van der Waals surface area contributed by atoms with Crippen LogP contribution in [-0.2, 0) is 25.6 Å². The van der Waals surface area contributed by atoms with E-state index in [-0.39, 0.29) is 24.6 Å². The van der Waals surface area contributed by atoms with Crippen LogP contribution in [-0.4, -0.2) is 83.6 Å². The molecule has 3 saturated heterocycles. The zero-order chi connectivity index (χ0) is 25.9. The fourth-order valence-electron chi connectivity index (χ4n) is 5.92. The highest BCUT2D eigenvalue weighted by Crippen LogP contribution is 2.49. The molecular weight excluding hydrogens is 466 g/mol. The fraction of sp³-hybridized carbons (Fsp3) is 0.440. The molecule has 36 heavy (non-hydrogen) atoms. The molecule has 3 fully saturated rings. The quantitative estimate of drug-likeness (QED) is 0.380. The first-order valence-corrected chi connectivity index (χ1v) is 12.0. The van der Waals surface area contributed by atoms with Gasteiger partial charge in [-0.15, -0.1) is 0 Å². The number of rotatable bonds is 3. The predicted octanol–water partition coefficient (Wildman–Crippen LogP) is 1.12. The minimum Gasteiger partial charge on any atom is -0.367 e. The molecule has 0 saturated carbocycles.